The number of likely N-dealkylation sites (tertiary alicyclic amines) is 1. The molecular formula is C25H33NO2. The average molecular weight is 380 g/mol. The van der Waals surface area contributed by atoms with Crippen molar-refractivity contribution in [1.82, 2.24) is 4.90 Å². The van der Waals surface area contributed by atoms with Crippen LogP contribution >= 0.6 is 0 Å². The lowest BCUT2D eigenvalue weighted by Crippen LogP contribution is -2.30. The molecule has 3 nitrogen and oxygen atoms in total. The van der Waals surface area contributed by atoms with E-state index in [-0.39, 0.29) is 5.78 Å². The van der Waals surface area contributed by atoms with Gasteiger partial charge in [-0.1, -0.05) is 68.1 Å². The molecule has 1 saturated heterocycles. The van der Waals surface area contributed by atoms with Crippen LogP contribution in [0.2, 0.25) is 0 Å². The third-order valence-electron chi connectivity index (χ3n) is 5.47. The van der Waals surface area contributed by atoms with E-state index in [4.69, 9.17) is 4.74 Å². The molecule has 1 fully saturated rings. The molecule has 0 saturated carbocycles. The van der Waals surface area contributed by atoms with Gasteiger partial charge in [0.05, 0.1) is 6.61 Å². The van der Waals surface area contributed by atoms with Crippen molar-refractivity contribution in [3.63, 3.8) is 0 Å². The van der Waals surface area contributed by atoms with Crippen LogP contribution in [0.25, 0.3) is 0 Å². The predicted octanol–water partition coefficient (Wildman–Crippen LogP) is 5.73. The van der Waals surface area contributed by atoms with Crippen LogP contribution in [-0.2, 0) is 0 Å². The van der Waals surface area contributed by atoms with Gasteiger partial charge in [-0.15, -0.1) is 0 Å². The molecule has 0 N–H and O–H groups in total. The summed E-state index contributed by atoms with van der Waals surface area (Å²) in [6, 6.07) is 16.9. The maximum atomic E-state index is 12.5. The van der Waals surface area contributed by atoms with Crippen LogP contribution in [0.1, 0.15) is 67.3 Å². The Morgan fingerprint density at radius 3 is 2.32 bits per heavy atom. The van der Waals surface area contributed by atoms with Gasteiger partial charge in [-0.05, 0) is 57.5 Å². The number of ketones is 1. The van der Waals surface area contributed by atoms with Crippen molar-refractivity contribution < 1.29 is 9.53 Å². The molecule has 1 aliphatic rings. The highest BCUT2D eigenvalue weighted by Crippen LogP contribution is 2.17. The number of ether oxygens (including phenoxy) is 1. The van der Waals surface area contributed by atoms with Crippen molar-refractivity contribution >= 4 is 5.78 Å². The Balaban J connectivity index is 1.30. The minimum Gasteiger partial charge on any atom is -0.494 e. The number of piperidine rings is 1. The molecule has 2 aromatic carbocycles. The van der Waals surface area contributed by atoms with Crippen LogP contribution in [0.3, 0.4) is 0 Å². The van der Waals surface area contributed by atoms with E-state index >= 15 is 0 Å². The molecule has 150 valence electrons. The number of carbonyl (C=O) groups is 1. The number of nitrogens with zero attached hydrogens (tertiary/aromatic N) is 1. The smallest absolute Gasteiger partial charge is 0.193 e. The van der Waals surface area contributed by atoms with Crippen molar-refractivity contribution in [2.75, 3.05) is 26.2 Å². The van der Waals surface area contributed by atoms with Gasteiger partial charge in [0.25, 0.3) is 0 Å². The molecule has 2 aromatic rings. The van der Waals surface area contributed by atoms with Crippen LogP contribution in [0.15, 0.2) is 54.6 Å². The van der Waals surface area contributed by atoms with Gasteiger partial charge in [0.2, 0.25) is 0 Å². The van der Waals surface area contributed by atoms with Crippen molar-refractivity contribution in [3.05, 3.63) is 65.7 Å². The predicted molar refractivity (Wildman–Crippen MR) is 115 cm³/mol. The van der Waals surface area contributed by atoms with E-state index in [0.717, 1.165) is 18.8 Å². The maximum absolute atomic E-state index is 12.5. The van der Waals surface area contributed by atoms with E-state index in [1.807, 2.05) is 54.6 Å². The number of unbranched alkanes of at least 4 members (excludes halogenated alkanes) is 4. The fourth-order valence-electron chi connectivity index (χ4n) is 3.82. The Labute approximate surface area is 169 Å². The SMILES string of the molecule is O=C(c1ccccc1)c1cccc(OCCCCCCCN2CCCCC2)c1. The average Bonchev–Trinajstić information content (AvgIpc) is 2.76. The first-order valence-electron chi connectivity index (χ1n) is 10.9. The Hall–Kier alpha value is -2.13. The van der Waals surface area contributed by atoms with Gasteiger partial charge in [0.15, 0.2) is 5.78 Å². The Bertz CT molecular complexity index is 707. The van der Waals surface area contributed by atoms with Crippen LogP contribution in [0, 0.1) is 0 Å². The van der Waals surface area contributed by atoms with Crippen molar-refractivity contribution in [2.45, 2.75) is 51.4 Å². The first-order chi connectivity index (χ1) is 13.8. The van der Waals surface area contributed by atoms with Crippen LogP contribution in [-0.4, -0.2) is 36.9 Å². The lowest BCUT2D eigenvalue weighted by atomic mass is 10.0. The molecule has 0 aromatic heterocycles. The molecule has 0 bridgehead atoms. The summed E-state index contributed by atoms with van der Waals surface area (Å²) in [7, 11) is 0. The second-order valence-corrected chi connectivity index (χ2v) is 7.74. The zero-order chi connectivity index (χ0) is 19.4. The zero-order valence-corrected chi connectivity index (χ0v) is 16.9. The Morgan fingerprint density at radius 1 is 0.786 bits per heavy atom. The molecular weight excluding hydrogens is 346 g/mol. The molecule has 0 aliphatic carbocycles. The van der Waals surface area contributed by atoms with Gasteiger partial charge >= 0.3 is 0 Å². The van der Waals surface area contributed by atoms with Gasteiger partial charge in [0, 0.05) is 11.1 Å². The second kappa shape index (κ2) is 11.7. The molecule has 28 heavy (non-hydrogen) atoms. The monoisotopic (exact) mass is 379 g/mol. The van der Waals surface area contributed by atoms with E-state index < -0.39 is 0 Å². The van der Waals surface area contributed by atoms with Crippen molar-refractivity contribution in [1.29, 1.82) is 0 Å². The van der Waals surface area contributed by atoms with Crippen LogP contribution in [0.5, 0.6) is 5.75 Å². The molecule has 0 atom stereocenters. The first-order valence-corrected chi connectivity index (χ1v) is 10.9. The first kappa shape index (κ1) is 20.6. The highest BCUT2D eigenvalue weighted by Gasteiger charge is 2.10. The van der Waals surface area contributed by atoms with E-state index in [9.17, 15) is 4.79 Å². The number of carbonyl (C=O) groups excluding carboxylic acids is 1. The molecule has 0 unspecified atom stereocenters. The third kappa shape index (κ3) is 6.79. The number of benzene rings is 2. The molecule has 0 spiro atoms. The minimum atomic E-state index is 0.0414. The summed E-state index contributed by atoms with van der Waals surface area (Å²) in [6.45, 7) is 4.60. The van der Waals surface area contributed by atoms with Gasteiger partial charge in [-0.2, -0.15) is 0 Å². The maximum Gasteiger partial charge on any atom is 0.193 e. The molecule has 0 radical (unpaired) electrons. The molecule has 1 aliphatic heterocycles. The van der Waals surface area contributed by atoms with Gasteiger partial charge in [-0.25, -0.2) is 0 Å². The summed E-state index contributed by atoms with van der Waals surface area (Å²) in [6.07, 6.45) is 10.4. The Kier molecular flexibility index (Phi) is 8.57. The minimum absolute atomic E-state index is 0.0414. The molecule has 3 heteroatoms. The fourth-order valence-corrected chi connectivity index (χ4v) is 3.82. The number of rotatable bonds is 11. The molecule has 0 amide bonds. The van der Waals surface area contributed by atoms with Crippen LogP contribution in [0.4, 0.5) is 0 Å². The van der Waals surface area contributed by atoms with E-state index in [2.05, 4.69) is 4.90 Å². The normalized spacial score (nSPS) is 14.7. The van der Waals surface area contributed by atoms with Gasteiger partial charge in [0.1, 0.15) is 5.75 Å². The number of hydrogen-bond donors (Lipinski definition) is 0. The summed E-state index contributed by atoms with van der Waals surface area (Å²) in [5.41, 5.74) is 1.39. The fraction of sp³-hybridized carbons (Fsp3) is 0.480. The quantitative estimate of drug-likeness (QED) is 0.369. The van der Waals surface area contributed by atoms with Crippen molar-refractivity contribution in [3.8, 4) is 5.75 Å². The lowest BCUT2D eigenvalue weighted by molar-refractivity contribution is 0.103. The van der Waals surface area contributed by atoms with E-state index in [1.54, 1.807) is 0 Å². The largest absolute Gasteiger partial charge is 0.494 e. The highest BCUT2D eigenvalue weighted by molar-refractivity contribution is 6.09. The molecule has 3 rings (SSSR count). The third-order valence-corrected chi connectivity index (χ3v) is 5.47. The van der Waals surface area contributed by atoms with E-state index in [1.165, 1.54) is 64.6 Å². The summed E-state index contributed by atoms with van der Waals surface area (Å²) in [4.78, 5) is 15.2. The van der Waals surface area contributed by atoms with Crippen molar-refractivity contribution in [2.24, 2.45) is 0 Å². The summed E-state index contributed by atoms with van der Waals surface area (Å²) in [5, 5.41) is 0. The van der Waals surface area contributed by atoms with Gasteiger partial charge < -0.3 is 9.64 Å². The summed E-state index contributed by atoms with van der Waals surface area (Å²) < 4.78 is 5.87. The molecule has 1 heterocycles. The summed E-state index contributed by atoms with van der Waals surface area (Å²) in [5.74, 6) is 0.826. The summed E-state index contributed by atoms with van der Waals surface area (Å²) >= 11 is 0. The second-order valence-electron chi connectivity index (χ2n) is 7.74. The standard InChI is InChI=1S/C25H33NO2/c27-25(22-13-6-4-7-14-22)23-15-12-16-24(21-23)28-20-11-3-1-2-8-17-26-18-9-5-10-19-26/h4,6-7,12-16,21H,1-3,5,8-11,17-20H2. The zero-order valence-electron chi connectivity index (χ0n) is 16.9. The van der Waals surface area contributed by atoms with Gasteiger partial charge in [-0.3, -0.25) is 4.79 Å². The highest BCUT2D eigenvalue weighted by atomic mass is 16.5. The number of hydrogen-bond acceptors (Lipinski definition) is 3. The topological polar surface area (TPSA) is 29.5 Å². The lowest BCUT2D eigenvalue weighted by Gasteiger charge is -2.26. The Morgan fingerprint density at radius 2 is 1.50 bits per heavy atom. The van der Waals surface area contributed by atoms with E-state index in [0.29, 0.717) is 11.1 Å². The van der Waals surface area contributed by atoms with Crippen LogP contribution < -0.4 is 4.74 Å².